The first kappa shape index (κ1) is 17.7. The number of aliphatic imine (C=N–C) groups is 1. The smallest absolute Gasteiger partial charge is 0.262 e. The van der Waals surface area contributed by atoms with Crippen LogP contribution in [0.1, 0.15) is 6.42 Å². The van der Waals surface area contributed by atoms with Gasteiger partial charge in [-0.15, -0.1) is 0 Å². The maximum absolute atomic E-state index is 12.0. The standard InChI is InChI=1S/C14H11BrClN3O3S2/c15-8-1-2-10(9(16)5-8)19-11-6-24(21,22)7-12(11)23-14(19)18-13(20)3-4-17/h1-2,5,11-12H,3,6-7H2/t11-,12+/m0/s1. The molecule has 1 aromatic rings. The number of thioether (sulfide) groups is 1. The van der Waals surface area contributed by atoms with Crippen molar-refractivity contribution in [2.45, 2.75) is 17.7 Å². The average molecular weight is 449 g/mol. The second-order valence-corrected chi connectivity index (χ2v) is 10.1. The molecule has 3 rings (SSSR count). The number of hydrogen-bond donors (Lipinski definition) is 0. The van der Waals surface area contributed by atoms with E-state index in [-0.39, 0.29) is 29.2 Å². The van der Waals surface area contributed by atoms with E-state index in [0.717, 1.165) is 4.47 Å². The number of nitrogens with zero attached hydrogens (tertiary/aromatic N) is 3. The predicted molar refractivity (Wildman–Crippen MR) is 98.1 cm³/mol. The average Bonchev–Trinajstić information content (AvgIpc) is 2.91. The van der Waals surface area contributed by atoms with Gasteiger partial charge in [0.05, 0.1) is 34.3 Å². The first-order chi connectivity index (χ1) is 11.3. The van der Waals surface area contributed by atoms with Crippen LogP contribution in [-0.2, 0) is 14.6 Å². The Morgan fingerprint density at radius 2 is 2.25 bits per heavy atom. The molecule has 2 saturated heterocycles. The summed E-state index contributed by atoms with van der Waals surface area (Å²) in [6.07, 6.45) is -0.320. The van der Waals surface area contributed by atoms with Gasteiger partial charge in [-0.2, -0.15) is 10.3 Å². The number of fused-ring (bicyclic) bond motifs is 1. The molecule has 2 fully saturated rings. The van der Waals surface area contributed by atoms with E-state index in [1.165, 1.54) is 11.8 Å². The molecule has 126 valence electrons. The molecule has 10 heteroatoms. The molecule has 0 aromatic heterocycles. The lowest BCUT2D eigenvalue weighted by Gasteiger charge is -2.25. The van der Waals surface area contributed by atoms with Crippen LogP contribution in [0, 0.1) is 11.3 Å². The van der Waals surface area contributed by atoms with Gasteiger partial charge in [0, 0.05) is 9.72 Å². The van der Waals surface area contributed by atoms with Gasteiger partial charge < -0.3 is 4.90 Å². The minimum atomic E-state index is -3.14. The zero-order valence-electron chi connectivity index (χ0n) is 12.1. The summed E-state index contributed by atoms with van der Waals surface area (Å²) in [6, 6.07) is 6.68. The Morgan fingerprint density at radius 3 is 2.92 bits per heavy atom. The summed E-state index contributed by atoms with van der Waals surface area (Å²) in [5.74, 6) is -0.526. The van der Waals surface area contributed by atoms with Crippen LogP contribution >= 0.6 is 39.3 Å². The molecule has 2 heterocycles. The maximum atomic E-state index is 12.0. The van der Waals surface area contributed by atoms with E-state index in [1.54, 1.807) is 29.2 Å². The number of hydrogen-bond acceptors (Lipinski definition) is 5. The SMILES string of the molecule is N#CCC(=O)N=C1S[C@@H]2CS(=O)(=O)C[C@@H]2N1c1ccc(Br)cc1Cl. The minimum absolute atomic E-state index is 0.0114. The molecule has 2 atom stereocenters. The van der Waals surface area contributed by atoms with Gasteiger partial charge in [-0.05, 0) is 18.2 Å². The molecular weight excluding hydrogens is 438 g/mol. The van der Waals surface area contributed by atoms with E-state index in [0.29, 0.717) is 15.9 Å². The van der Waals surface area contributed by atoms with Crippen LogP contribution in [0.15, 0.2) is 27.7 Å². The molecule has 0 saturated carbocycles. The highest BCUT2D eigenvalue weighted by Gasteiger charge is 2.49. The molecule has 24 heavy (non-hydrogen) atoms. The van der Waals surface area contributed by atoms with Crippen LogP contribution in [0.4, 0.5) is 5.69 Å². The van der Waals surface area contributed by atoms with Crippen molar-refractivity contribution in [3.05, 3.63) is 27.7 Å². The van der Waals surface area contributed by atoms with Gasteiger partial charge in [-0.3, -0.25) is 4.79 Å². The van der Waals surface area contributed by atoms with Crippen molar-refractivity contribution in [1.29, 1.82) is 5.26 Å². The monoisotopic (exact) mass is 447 g/mol. The van der Waals surface area contributed by atoms with Crippen LogP contribution in [0.2, 0.25) is 5.02 Å². The summed E-state index contributed by atoms with van der Waals surface area (Å²) in [5, 5.41) is 9.25. The summed E-state index contributed by atoms with van der Waals surface area (Å²) in [6.45, 7) is 0. The first-order valence-corrected chi connectivity index (χ1v) is 10.8. The van der Waals surface area contributed by atoms with E-state index in [2.05, 4.69) is 20.9 Å². The Bertz CT molecular complexity index is 882. The lowest BCUT2D eigenvalue weighted by atomic mass is 10.2. The van der Waals surface area contributed by atoms with Crippen molar-refractivity contribution < 1.29 is 13.2 Å². The van der Waals surface area contributed by atoms with Crippen LogP contribution < -0.4 is 4.90 Å². The zero-order chi connectivity index (χ0) is 17.5. The zero-order valence-corrected chi connectivity index (χ0v) is 16.1. The number of rotatable bonds is 2. The molecule has 6 nitrogen and oxygen atoms in total. The number of carbonyl (C=O) groups excluding carboxylic acids is 1. The Kier molecular flexibility index (Phi) is 4.93. The van der Waals surface area contributed by atoms with Gasteiger partial charge in [0.2, 0.25) is 0 Å². The molecule has 1 amide bonds. The fourth-order valence-electron chi connectivity index (χ4n) is 2.74. The van der Waals surface area contributed by atoms with Crippen molar-refractivity contribution >= 4 is 65.9 Å². The second kappa shape index (κ2) is 6.67. The molecule has 1 aromatic carbocycles. The van der Waals surface area contributed by atoms with Crippen molar-refractivity contribution in [2.24, 2.45) is 4.99 Å². The van der Waals surface area contributed by atoms with Crippen LogP contribution in [0.5, 0.6) is 0 Å². The number of amides is 1. The normalized spacial score (nSPS) is 26.4. The molecular formula is C14H11BrClN3O3S2. The van der Waals surface area contributed by atoms with Crippen molar-refractivity contribution in [3.63, 3.8) is 0 Å². The molecule has 0 spiro atoms. The number of carbonyl (C=O) groups is 1. The quantitative estimate of drug-likeness (QED) is 0.691. The molecule has 2 aliphatic rings. The maximum Gasteiger partial charge on any atom is 0.262 e. The summed E-state index contributed by atoms with van der Waals surface area (Å²) in [7, 11) is -3.14. The van der Waals surface area contributed by atoms with E-state index >= 15 is 0 Å². The number of benzene rings is 1. The van der Waals surface area contributed by atoms with E-state index in [9.17, 15) is 13.2 Å². The highest BCUT2D eigenvalue weighted by Crippen LogP contribution is 2.43. The Morgan fingerprint density at radius 1 is 1.50 bits per heavy atom. The number of sulfone groups is 1. The highest BCUT2D eigenvalue weighted by atomic mass is 79.9. The number of amidine groups is 1. The van der Waals surface area contributed by atoms with Crippen molar-refractivity contribution in [2.75, 3.05) is 16.4 Å². The summed E-state index contributed by atoms with van der Waals surface area (Å²) in [5.41, 5.74) is 0.598. The van der Waals surface area contributed by atoms with Gasteiger partial charge in [0.25, 0.3) is 5.91 Å². The lowest BCUT2D eigenvalue weighted by molar-refractivity contribution is -0.116. The van der Waals surface area contributed by atoms with Gasteiger partial charge in [-0.25, -0.2) is 8.42 Å². The topological polar surface area (TPSA) is 90.6 Å². The molecule has 0 radical (unpaired) electrons. The number of halogens is 2. The van der Waals surface area contributed by atoms with Crippen LogP contribution in [0.25, 0.3) is 0 Å². The summed E-state index contributed by atoms with van der Waals surface area (Å²) >= 11 is 10.9. The molecule has 0 N–H and O–H groups in total. The largest absolute Gasteiger partial charge is 0.314 e. The minimum Gasteiger partial charge on any atom is -0.314 e. The molecule has 0 aliphatic carbocycles. The molecule has 0 bridgehead atoms. The Balaban J connectivity index is 2.05. The van der Waals surface area contributed by atoms with Gasteiger partial charge in [0.1, 0.15) is 6.42 Å². The fraction of sp³-hybridized carbons (Fsp3) is 0.357. The predicted octanol–water partition coefficient (Wildman–Crippen LogP) is 2.62. The molecule has 0 unspecified atom stereocenters. The Labute approximate surface area is 156 Å². The number of nitriles is 1. The van der Waals surface area contributed by atoms with E-state index in [4.69, 9.17) is 16.9 Å². The third kappa shape index (κ3) is 3.47. The second-order valence-electron chi connectivity index (χ2n) is 5.39. The Hall–Kier alpha value is -1.08. The lowest BCUT2D eigenvalue weighted by Crippen LogP contribution is -2.37. The fourth-order valence-corrected chi connectivity index (χ4v) is 7.43. The van der Waals surface area contributed by atoms with Gasteiger partial charge in [-0.1, -0.05) is 39.3 Å². The first-order valence-electron chi connectivity index (χ1n) is 6.90. The van der Waals surface area contributed by atoms with Crippen molar-refractivity contribution in [3.8, 4) is 6.07 Å². The third-order valence-corrected chi connectivity index (χ3v) is 7.69. The molecule has 2 aliphatic heterocycles. The highest BCUT2D eigenvalue weighted by molar-refractivity contribution is 9.10. The van der Waals surface area contributed by atoms with Crippen molar-refractivity contribution in [1.82, 2.24) is 0 Å². The van der Waals surface area contributed by atoms with E-state index in [1.807, 2.05) is 0 Å². The third-order valence-electron chi connectivity index (χ3n) is 3.69. The number of anilines is 1. The van der Waals surface area contributed by atoms with E-state index < -0.39 is 15.7 Å². The van der Waals surface area contributed by atoms with Crippen LogP contribution in [0.3, 0.4) is 0 Å². The summed E-state index contributed by atoms with van der Waals surface area (Å²) in [4.78, 5) is 17.5. The summed E-state index contributed by atoms with van der Waals surface area (Å²) < 4.78 is 24.7. The van der Waals surface area contributed by atoms with Gasteiger partial charge in [0.15, 0.2) is 15.0 Å². The van der Waals surface area contributed by atoms with Gasteiger partial charge >= 0.3 is 0 Å². The van der Waals surface area contributed by atoms with Crippen LogP contribution in [-0.4, -0.2) is 42.3 Å².